The van der Waals surface area contributed by atoms with Crippen molar-refractivity contribution in [1.82, 2.24) is 10.2 Å². The van der Waals surface area contributed by atoms with E-state index in [1.807, 2.05) is 31.1 Å². The number of hydrogen-bond donors (Lipinski definition) is 1. The first-order valence-electron chi connectivity index (χ1n) is 7.22. The third-order valence-electron chi connectivity index (χ3n) is 3.37. The fraction of sp³-hybridized carbons (Fsp3) is 0.118. The highest BCUT2D eigenvalue weighted by atomic mass is 35.5. The van der Waals surface area contributed by atoms with E-state index in [9.17, 15) is 4.79 Å². The van der Waals surface area contributed by atoms with Crippen molar-refractivity contribution in [3.63, 3.8) is 0 Å². The van der Waals surface area contributed by atoms with Crippen molar-refractivity contribution in [2.75, 3.05) is 24.3 Å². The summed E-state index contributed by atoms with van der Waals surface area (Å²) in [6.45, 7) is 0. The number of nitrogens with zero attached hydrogens (tertiary/aromatic N) is 3. The van der Waals surface area contributed by atoms with Gasteiger partial charge in [0.1, 0.15) is 0 Å². The number of aromatic nitrogens is 2. The Balaban J connectivity index is 1.75. The minimum Gasteiger partial charge on any atom is -0.412 e. The maximum Gasteiger partial charge on any atom is 0.313 e. The molecule has 122 valence electrons. The van der Waals surface area contributed by atoms with Crippen molar-refractivity contribution >= 4 is 28.9 Å². The molecule has 0 saturated heterocycles. The molecule has 3 aromatic rings. The summed E-state index contributed by atoms with van der Waals surface area (Å²) in [5.74, 6) is -0.395. The summed E-state index contributed by atoms with van der Waals surface area (Å²) in [6.07, 6.45) is 0. The van der Waals surface area contributed by atoms with Gasteiger partial charge in [-0.15, -0.1) is 10.2 Å². The van der Waals surface area contributed by atoms with Crippen molar-refractivity contribution in [3.05, 3.63) is 59.4 Å². The Hall–Kier alpha value is -2.86. The highest BCUT2D eigenvalue weighted by Crippen LogP contribution is 2.26. The number of halogens is 1. The molecule has 0 spiro atoms. The molecule has 0 radical (unpaired) electrons. The number of carbonyl (C=O) groups excluding carboxylic acids is 1. The molecule has 1 N–H and O–H groups in total. The second-order valence-electron chi connectivity index (χ2n) is 5.29. The van der Waals surface area contributed by atoms with E-state index in [4.69, 9.17) is 16.0 Å². The molecule has 1 heterocycles. The summed E-state index contributed by atoms with van der Waals surface area (Å²) < 4.78 is 5.42. The average Bonchev–Trinajstić information content (AvgIpc) is 3.05. The molecule has 7 heteroatoms. The molecule has 3 rings (SSSR count). The summed E-state index contributed by atoms with van der Waals surface area (Å²) in [6, 6.07) is 14.5. The van der Waals surface area contributed by atoms with E-state index in [0.717, 1.165) is 5.69 Å². The zero-order chi connectivity index (χ0) is 17.1. The van der Waals surface area contributed by atoms with Crippen molar-refractivity contribution in [1.29, 1.82) is 0 Å². The number of anilines is 2. The van der Waals surface area contributed by atoms with Crippen LogP contribution in [0.15, 0.2) is 52.9 Å². The monoisotopic (exact) mass is 342 g/mol. The van der Waals surface area contributed by atoms with Gasteiger partial charge in [-0.3, -0.25) is 4.79 Å². The summed E-state index contributed by atoms with van der Waals surface area (Å²) in [4.78, 5) is 14.2. The van der Waals surface area contributed by atoms with Crippen molar-refractivity contribution in [2.24, 2.45) is 0 Å². The van der Waals surface area contributed by atoms with Crippen LogP contribution in [0.25, 0.3) is 11.5 Å². The number of nitrogens with one attached hydrogen (secondary N) is 1. The Bertz CT molecular complexity index is 859. The SMILES string of the molecule is CN(C)c1ccc(NC(=O)c2nnc(-c3ccccc3Cl)o2)cc1. The van der Waals surface area contributed by atoms with Gasteiger partial charge in [0.05, 0.1) is 10.6 Å². The molecule has 0 bridgehead atoms. The van der Waals surface area contributed by atoms with E-state index >= 15 is 0 Å². The van der Waals surface area contributed by atoms with Crippen LogP contribution >= 0.6 is 11.6 Å². The zero-order valence-electron chi connectivity index (χ0n) is 13.2. The van der Waals surface area contributed by atoms with Crippen LogP contribution in [0.3, 0.4) is 0 Å². The second-order valence-corrected chi connectivity index (χ2v) is 5.69. The van der Waals surface area contributed by atoms with E-state index in [1.165, 1.54) is 0 Å². The molecule has 2 aromatic carbocycles. The lowest BCUT2D eigenvalue weighted by Gasteiger charge is -2.12. The maximum absolute atomic E-state index is 12.2. The lowest BCUT2D eigenvalue weighted by Crippen LogP contribution is -2.13. The van der Waals surface area contributed by atoms with Gasteiger partial charge >= 0.3 is 11.8 Å². The van der Waals surface area contributed by atoms with Crippen molar-refractivity contribution in [3.8, 4) is 11.5 Å². The topological polar surface area (TPSA) is 71.3 Å². The molecule has 0 aliphatic heterocycles. The van der Waals surface area contributed by atoms with Gasteiger partial charge in [0.25, 0.3) is 0 Å². The van der Waals surface area contributed by atoms with Crippen LogP contribution in [-0.2, 0) is 0 Å². The fourth-order valence-electron chi connectivity index (χ4n) is 2.09. The number of carbonyl (C=O) groups is 1. The zero-order valence-corrected chi connectivity index (χ0v) is 13.9. The van der Waals surface area contributed by atoms with E-state index in [0.29, 0.717) is 16.3 Å². The Morgan fingerprint density at radius 1 is 1.08 bits per heavy atom. The first-order valence-corrected chi connectivity index (χ1v) is 7.59. The summed E-state index contributed by atoms with van der Waals surface area (Å²) >= 11 is 6.09. The molecule has 0 saturated carbocycles. The van der Waals surface area contributed by atoms with Crippen LogP contribution in [0.4, 0.5) is 11.4 Å². The Morgan fingerprint density at radius 3 is 2.46 bits per heavy atom. The molecule has 0 fully saturated rings. The normalized spacial score (nSPS) is 10.5. The number of hydrogen-bond acceptors (Lipinski definition) is 5. The molecule has 24 heavy (non-hydrogen) atoms. The van der Waals surface area contributed by atoms with Gasteiger partial charge in [0.2, 0.25) is 5.89 Å². The molecule has 0 unspecified atom stereocenters. The third kappa shape index (κ3) is 3.38. The molecule has 0 atom stereocenters. The summed E-state index contributed by atoms with van der Waals surface area (Å²) in [5.41, 5.74) is 2.26. The Labute approximate surface area is 144 Å². The predicted molar refractivity (Wildman–Crippen MR) is 93.5 cm³/mol. The minimum absolute atomic E-state index is 0.124. The van der Waals surface area contributed by atoms with E-state index in [-0.39, 0.29) is 11.8 Å². The van der Waals surface area contributed by atoms with Gasteiger partial charge in [-0.2, -0.15) is 0 Å². The third-order valence-corrected chi connectivity index (χ3v) is 3.69. The number of rotatable bonds is 4. The molecule has 1 amide bonds. The molecule has 1 aromatic heterocycles. The van der Waals surface area contributed by atoms with E-state index in [1.54, 1.807) is 36.4 Å². The van der Waals surface area contributed by atoms with Crippen LogP contribution in [0, 0.1) is 0 Å². The maximum atomic E-state index is 12.2. The highest BCUT2D eigenvalue weighted by Gasteiger charge is 2.17. The second kappa shape index (κ2) is 6.72. The van der Waals surface area contributed by atoms with Gasteiger partial charge in [-0.25, -0.2) is 0 Å². The molecular weight excluding hydrogens is 328 g/mol. The largest absolute Gasteiger partial charge is 0.412 e. The van der Waals surface area contributed by atoms with E-state index in [2.05, 4.69) is 15.5 Å². The van der Waals surface area contributed by atoms with Crippen molar-refractivity contribution in [2.45, 2.75) is 0 Å². The summed E-state index contributed by atoms with van der Waals surface area (Å²) in [5, 5.41) is 10.9. The van der Waals surface area contributed by atoms with E-state index < -0.39 is 5.91 Å². The molecule has 0 aliphatic rings. The van der Waals surface area contributed by atoms with Crippen molar-refractivity contribution < 1.29 is 9.21 Å². The Kier molecular flexibility index (Phi) is 4.48. The minimum atomic E-state index is -0.474. The smallest absolute Gasteiger partial charge is 0.313 e. The number of benzene rings is 2. The fourth-order valence-corrected chi connectivity index (χ4v) is 2.30. The van der Waals surface area contributed by atoms with Crippen LogP contribution in [-0.4, -0.2) is 30.2 Å². The molecule has 0 aliphatic carbocycles. The van der Waals surface area contributed by atoms with Crippen LogP contribution in [0.5, 0.6) is 0 Å². The lowest BCUT2D eigenvalue weighted by molar-refractivity contribution is 0.0991. The molecule has 6 nitrogen and oxygen atoms in total. The standard InChI is InChI=1S/C17H15ClN4O2/c1-22(2)12-9-7-11(8-10-12)19-15(23)17-21-20-16(24-17)13-5-3-4-6-14(13)18/h3-10H,1-2H3,(H,19,23). The number of amides is 1. The summed E-state index contributed by atoms with van der Waals surface area (Å²) in [7, 11) is 3.89. The van der Waals surface area contributed by atoms with Gasteiger partial charge in [-0.05, 0) is 36.4 Å². The predicted octanol–water partition coefficient (Wildman–Crippen LogP) is 3.71. The average molecular weight is 343 g/mol. The van der Waals surface area contributed by atoms with Crippen LogP contribution < -0.4 is 10.2 Å². The van der Waals surface area contributed by atoms with Gasteiger partial charge in [-0.1, -0.05) is 23.7 Å². The van der Waals surface area contributed by atoms with Crippen LogP contribution in [0.2, 0.25) is 5.02 Å². The van der Waals surface area contributed by atoms with Gasteiger partial charge in [0.15, 0.2) is 0 Å². The quantitative estimate of drug-likeness (QED) is 0.782. The first-order chi connectivity index (χ1) is 11.5. The Morgan fingerprint density at radius 2 is 1.79 bits per heavy atom. The van der Waals surface area contributed by atoms with Gasteiger partial charge < -0.3 is 14.6 Å². The van der Waals surface area contributed by atoms with Gasteiger partial charge in [0, 0.05) is 25.5 Å². The van der Waals surface area contributed by atoms with Crippen LogP contribution in [0.1, 0.15) is 10.7 Å². The first kappa shape index (κ1) is 16.0. The highest BCUT2D eigenvalue weighted by molar-refractivity contribution is 6.33. The molecular formula is C17H15ClN4O2. The lowest BCUT2D eigenvalue weighted by atomic mass is 10.2.